The Hall–Kier alpha value is -0.0800. The molecule has 2 nitrogen and oxygen atoms in total. The Morgan fingerprint density at radius 1 is 1.36 bits per heavy atom. The zero-order valence-corrected chi connectivity index (χ0v) is 9.96. The van der Waals surface area contributed by atoms with Gasteiger partial charge in [0.15, 0.2) is 0 Å². The molecule has 0 saturated carbocycles. The zero-order chi connectivity index (χ0) is 10.4. The molecule has 0 aliphatic carbocycles. The van der Waals surface area contributed by atoms with Gasteiger partial charge < -0.3 is 9.64 Å². The Bertz CT molecular complexity index is 141. The molecule has 14 heavy (non-hydrogen) atoms. The topological polar surface area (TPSA) is 12.5 Å². The van der Waals surface area contributed by atoms with Crippen LogP contribution in [0.15, 0.2) is 0 Å². The van der Waals surface area contributed by atoms with E-state index < -0.39 is 0 Å². The minimum absolute atomic E-state index is 0.803. The second-order valence-electron chi connectivity index (χ2n) is 4.91. The van der Waals surface area contributed by atoms with Crippen LogP contribution in [0.1, 0.15) is 33.6 Å². The fraction of sp³-hybridized carbons (Fsp3) is 1.00. The highest BCUT2D eigenvalue weighted by atomic mass is 16.5. The van der Waals surface area contributed by atoms with Crippen molar-refractivity contribution in [1.82, 2.24) is 4.90 Å². The lowest BCUT2D eigenvalue weighted by molar-refractivity contribution is 0.00882. The van der Waals surface area contributed by atoms with Gasteiger partial charge in [-0.05, 0) is 12.3 Å². The van der Waals surface area contributed by atoms with Gasteiger partial charge in [0.2, 0.25) is 0 Å². The van der Waals surface area contributed by atoms with E-state index in [9.17, 15) is 0 Å². The van der Waals surface area contributed by atoms with Crippen LogP contribution in [0.4, 0.5) is 0 Å². The summed E-state index contributed by atoms with van der Waals surface area (Å²) >= 11 is 0. The molecule has 0 amide bonds. The van der Waals surface area contributed by atoms with Crippen LogP contribution in [0.2, 0.25) is 0 Å². The number of hydrogen-bond donors (Lipinski definition) is 0. The molecular weight excluding hydrogens is 174 g/mol. The maximum absolute atomic E-state index is 5.60. The predicted molar refractivity (Wildman–Crippen MR) is 60.5 cm³/mol. The molecule has 1 fully saturated rings. The molecular formula is C12H25NO. The van der Waals surface area contributed by atoms with Crippen molar-refractivity contribution in [1.29, 1.82) is 0 Å². The lowest BCUT2D eigenvalue weighted by Gasteiger charge is -2.40. The monoisotopic (exact) mass is 199 g/mol. The summed E-state index contributed by atoms with van der Waals surface area (Å²) in [6, 6.07) is 0. The summed E-state index contributed by atoms with van der Waals surface area (Å²) in [6.07, 6.45) is 2.45. The van der Waals surface area contributed by atoms with Crippen LogP contribution in [0.25, 0.3) is 0 Å². The second kappa shape index (κ2) is 6.41. The number of ether oxygens (including phenoxy) is 1. The summed E-state index contributed by atoms with van der Waals surface area (Å²) < 4.78 is 5.60. The third-order valence-electron chi connectivity index (χ3n) is 2.65. The first-order chi connectivity index (χ1) is 6.72. The molecule has 0 aromatic heterocycles. The molecule has 2 heteroatoms. The van der Waals surface area contributed by atoms with Crippen molar-refractivity contribution >= 4 is 0 Å². The minimum atomic E-state index is 0.803. The molecule has 0 radical (unpaired) electrons. The normalized spacial score (nSPS) is 18.9. The van der Waals surface area contributed by atoms with Crippen molar-refractivity contribution in [3.8, 4) is 0 Å². The molecule has 0 spiro atoms. The van der Waals surface area contributed by atoms with Crippen molar-refractivity contribution in [3.05, 3.63) is 0 Å². The smallest absolute Gasteiger partial charge is 0.0518 e. The van der Waals surface area contributed by atoms with E-state index in [2.05, 4.69) is 25.7 Å². The molecule has 1 heterocycles. The van der Waals surface area contributed by atoms with Crippen LogP contribution in [-0.2, 0) is 4.74 Å². The summed E-state index contributed by atoms with van der Waals surface area (Å²) in [5.41, 5.74) is 0. The van der Waals surface area contributed by atoms with Crippen molar-refractivity contribution in [2.24, 2.45) is 11.8 Å². The summed E-state index contributed by atoms with van der Waals surface area (Å²) in [5.74, 6) is 1.61. The minimum Gasteiger partial charge on any atom is -0.381 e. The fourth-order valence-electron chi connectivity index (χ4n) is 1.94. The average molecular weight is 199 g/mol. The van der Waals surface area contributed by atoms with Crippen LogP contribution >= 0.6 is 0 Å². The van der Waals surface area contributed by atoms with Gasteiger partial charge >= 0.3 is 0 Å². The Morgan fingerprint density at radius 2 is 2.07 bits per heavy atom. The third-order valence-corrected chi connectivity index (χ3v) is 2.65. The maximum atomic E-state index is 5.60. The van der Waals surface area contributed by atoms with E-state index in [-0.39, 0.29) is 0 Å². The lowest BCUT2D eigenvalue weighted by atomic mass is 10.00. The molecule has 0 aromatic carbocycles. The molecule has 0 bridgehead atoms. The van der Waals surface area contributed by atoms with Crippen LogP contribution in [0, 0.1) is 11.8 Å². The number of nitrogens with zero attached hydrogens (tertiary/aromatic N) is 1. The van der Waals surface area contributed by atoms with Crippen LogP contribution in [0.5, 0.6) is 0 Å². The van der Waals surface area contributed by atoms with Gasteiger partial charge in [-0.1, -0.05) is 27.2 Å². The van der Waals surface area contributed by atoms with E-state index in [0.29, 0.717) is 0 Å². The molecule has 0 atom stereocenters. The molecule has 1 saturated heterocycles. The predicted octanol–water partition coefficient (Wildman–Crippen LogP) is 2.39. The lowest BCUT2D eigenvalue weighted by Crippen LogP contribution is -2.49. The van der Waals surface area contributed by atoms with Gasteiger partial charge in [0.25, 0.3) is 0 Å². The number of rotatable bonds is 7. The average Bonchev–Trinajstić information content (AvgIpc) is 2.06. The van der Waals surface area contributed by atoms with E-state index in [1.165, 1.54) is 32.5 Å². The molecule has 0 aromatic rings. The van der Waals surface area contributed by atoms with E-state index in [1.807, 2.05) is 0 Å². The van der Waals surface area contributed by atoms with E-state index in [0.717, 1.165) is 25.0 Å². The number of unbranched alkanes of at least 4 members (excludes halogenated alkanes) is 1. The highest BCUT2D eigenvalue weighted by Gasteiger charge is 2.26. The van der Waals surface area contributed by atoms with Crippen molar-refractivity contribution in [2.45, 2.75) is 33.6 Å². The first-order valence-corrected chi connectivity index (χ1v) is 6.02. The third kappa shape index (κ3) is 4.43. The maximum Gasteiger partial charge on any atom is 0.0518 e. The van der Waals surface area contributed by atoms with Crippen molar-refractivity contribution in [2.75, 3.05) is 32.8 Å². The van der Waals surface area contributed by atoms with Crippen LogP contribution in [0.3, 0.4) is 0 Å². The molecule has 84 valence electrons. The van der Waals surface area contributed by atoms with Crippen LogP contribution < -0.4 is 0 Å². The summed E-state index contributed by atoms with van der Waals surface area (Å²) in [6.45, 7) is 12.5. The molecule has 1 rings (SSSR count). The second-order valence-corrected chi connectivity index (χ2v) is 4.91. The summed E-state index contributed by atoms with van der Waals surface area (Å²) in [5, 5.41) is 0. The van der Waals surface area contributed by atoms with Gasteiger partial charge in [0.1, 0.15) is 0 Å². The Labute approximate surface area is 88.6 Å². The van der Waals surface area contributed by atoms with Gasteiger partial charge in [-0.15, -0.1) is 0 Å². The Morgan fingerprint density at radius 3 is 2.64 bits per heavy atom. The SMILES string of the molecule is CCCCOCC1CN(CC(C)C)C1. The number of hydrogen-bond acceptors (Lipinski definition) is 2. The highest BCUT2D eigenvalue weighted by Crippen LogP contribution is 2.17. The molecule has 0 unspecified atom stereocenters. The van der Waals surface area contributed by atoms with Gasteiger partial charge in [-0.25, -0.2) is 0 Å². The van der Waals surface area contributed by atoms with E-state index in [4.69, 9.17) is 4.74 Å². The standard InChI is InChI=1S/C12H25NO/c1-4-5-6-14-10-12-8-13(9-12)7-11(2)3/h11-12H,4-10H2,1-3H3. The summed E-state index contributed by atoms with van der Waals surface area (Å²) in [7, 11) is 0. The number of likely N-dealkylation sites (tertiary alicyclic amines) is 1. The zero-order valence-electron chi connectivity index (χ0n) is 9.96. The van der Waals surface area contributed by atoms with E-state index >= 15 is 0 Å². The molecule has 1 aliphatic heterocycles. The van der Waals surface area contributed by atoms with Crippen molar-refractivity contribution in [3.63, 3.8) is 0 Å². The van der Waals surface area contributed by atoms with Gasteiger partial charge in [0, 0.05) is 32.2 Å². The fourth-order valence-corrected chi connectivity index (χ4v) is 1.94. The molecule has 0 N–H and O–H groups in total. The van der Waals surface area contributed by atoms with Crippen LogP contribution in [-0.4, -0.2) is 37.7 Å². The van der Waals surface area contributed by atoms with Gasteiger partial charge in [-0.3, -0.25) is 0 Å². The van der Waals surface area contributed by atoms with Crippen molar-refractivity contribution < 1.29 is 4.74 Å². The van der Waals surface area contributed by atoms with Gasteiger partial charge in [-0.2, -0.15) is 0 Å². The first kappa shape index (κ1) is 12.0. The molecule has 1 aliphatic rings. The van der Waals surface area contributed by atoms with Gasteiger partial charge in [0.05, 0.1) is 6.61 Å². The Kier molecular flexibility index (Phi) is 5.49. The largest absolute Gasteiger partial charge is 0.381 e. The highest BCUT2D eigenvalue weighted by molar-refractivity contribution is 4.79. The quantitative estimate of drug-likeness (QED) is 0.584. The van der Waals surface area contributed by atoms with E-state index in [1.54, 1.807) is 0 Å². The Balaban J connectivity index is 1.89. The summed E-state index contributed by atoms with van der Waals surface area (Å²) in [4.78, 5) is 2.53. The first-order valence-electron chi connectivity index (χ1n) is 6.02.